The maximum Gasteiger partial charge on any atom is 0.243 e. The van der Waals surface area contributed by atoms with Gasteiger partial charge in [-0.25, -0.2) is 8.42 Å². The molecule has 0 unspecified atom stereocenters. The molecular formula is C34H45N3O3S. The van der Waals surface area contributed by atoms with Gasteiger partial charge in [-0.05, 0) is 68.4 Å². The van der Waals surface area contributed by atoms with Crippen LogP contribution in [-0.2, 0) is 26.7 Å². The van der Waals surface area contributed by atoms with E-state index >= 15 is 0 Å². The van der Waals surface area contributed by atoms with E-state index in [1.807, 2.05) is 69.4 Å². The zero-order valence-electron chi connectivity index (χ0n) is 24.8. The van der Waals surface area contributed by atoms with Gasteiger partial charge in [0.25, 0.3) is 0 Å². The van der Waals surface area contributed by atoms with E-state index in [0.29, 0.717) is 37.2 Å². The Kier molecular flexibility index (Phi) is 10.7. The SMILES string of the molecule is Cc1ccc(S(=O)(=O)N(CC[C@H](Cc2ccccc2)NC(=O)CC2(c3ccccn3)CCCCC2)CC(C)C)cc1. The van der Waals surface area contributed by atoms with Crippen molar-refractivity contribution in [2.75, 3.05) is 13.1 Å². The van der Waals surface area contributed by atoms with E-state index in [1.165, 1.54) is 6.42 Å². The van der Waals surface area contributed by atoms with Crippen molar-refractivity contribution in [3.63, 3.8) is 0 Å². The fourth-order valence-electron chi connectivity index (χ4n) is 6.01. The van der Waals surface area contributed by atoms with Crippen LogP contribution < -0.4 is 5.32 Å². The number of sulfonamides is 1. The van der Waals surface area contributed by atoms with Crippen molar-refractivity contribution in [1.29, 1.82) is 0 Å². The largest absolute Gasteiger partial charge is 0.353 e. The first-order valence-electron chi connectivity index (χ1n) is 15.0. The van der Waals surface area contributed by atoms with Crippen LogP contribution in [0.2, 0.25) is 0 Å². The number of carbonyl (C=O) groups is 1. The summed E-state index contributed by atoms with van der Waals surface area (Å²) >= 11 is 0. The van der Waals surface area contributed by atoms with Crippen molar-refractivity contribution >= 4 is 15.9 Å². The number of nitrogens with one attached hydrogen (secondary N) is 1. The molecule has 1 atom stereocenters. The molecule has 3 aromatic rings. The summed E-state index contributed by atoms with van der Waals surface area (Å²) in [5.74, 6) is 0.178. The molecule has 7 heteroatoms. The lowest BCUT2D eigenvalue weighted by molar-refractivity contribution is -0.123. The molecule has 0 aliphatic heterocycles. The van der Waals surface area contributed by atoms with Crippen LogP contribution in [-0.4, -0.2) is 42.7 Å². The van der Waals surface area contributed by atoms with Crippen LogP contribution in [0.1, 0.15) is 75.6 Å². The molecule has 0 bridgehead atoms. The number of pyridine rings is 1. The van der Waals surface area contributed by atoms with E-state index in [4.69, 9.17) is 0 Å². The summed E-state index contributed by atoms with van der Waals surface area (Å²) in [5.41, 5.74) is 2.89. The van der Waals surface area contributed by atoms with Crippen LogP contribution in [0.4, 0.5) is 0 Å². The number of benzene rings is 2. The van der Waals surface area contributed by atoms with E-state index in [-0.39, 0.29) is 23.3 Å². The Labute approximate surface area is 246 Å². The maximum atomic E-state index is 13.7. The highest BCUT2D eigenvalue weighted by molar-refractivity contribution is 7.89. The highest BCUT2D eigenvalue weighted by Gasteiger charge is 2.37. The van der Waals surface area contributed by atoms with Gasteiger partial charge < -0.3 is 5.32 Å². The molecule has 2 aromatic carbocycles. The summed E-state index contributed by atoms with van der Waals surface area (Å²) in [6, 6.07) is 22.9. The van der Waals surface area contributed by atoms with Gasteiger partial charge in [0.05, 0.1) is 4.90 Å². The molecule has 1 saturated carbocycles. The molecule has 1 aliphatic carbocycles. The first-order valence-corrected chi connectivity index (χ1v) is 16.4. The van der Waals surface area contributed by atoms with Gasteiger partial charge in [0.1, 0.15) is 0 Å². The third-order valence-electron chi connectivity index (χ3n) is 8.16. The molecule has 41 heavy (non-hydrogen) atoms. The highest BCUT2D eigenvalue weighted by Crippen LogP contribution is 2.41. The number of aryl methyl sites for hydroxylation is 1. The van der Waals surface area contributed by atoms with Crippen molar-refractivity contribution in [3.8, 4) is 0 Å². The average Bonchev–Trinajstić information content (AvgIpc) is 2.96. The second-order valence-corrected chi connectivity index (χ2v) is 14.0. The zero-order valence-corrected chi connectivity index (χ0v) is 25.6. The normalized spacial score (nSPS) is 16.0. The van der Waals surface area contributed by atoms with E-state index < -0.39 is 10.0 Å². The fraction of sp³-hybridized carbons (Fsp3) is 0.471. The first-order chi connectivity index (χ1) is 19.7. The predicted molar refractivity (Wildman–Crippen MR) is 165 cm³/mol. The summed E-state index contributed by atoms with van der Waals surface area (Å²) < 4.78 is 28.9. The molecular weight excluding hydrogens is 530 g/mol. The number of carbonyl (C=O) groups excluding carboxylic acids is 1. The summed E-state index contributed by atoms with van der Waals surface area (Å²) in [5, 5.41) is 3.33. The second-order valence-electron chi connectivity index (χ2n) is 12.0. The number of amides is 1. The van der Waals surface area contributed by atoms with Gasteiger partial charge in [-0.3, -0.25) is 9.78 Å². The number of rotatable bonds is 13. The summed E-state index contributed by atoms with van der Waals surface area (Å²) in [4.78, 5) is 18.7. The molecule has 0 spiro atoms. The first kappa shape index (κ1) is 30.9. The van der Waals surface area contributed by atoms with E-state index in [0.717, 1.165) is 42.5 Å². The standard InChI is InChI=1S/C34H45N3O3S/c1-27(2)26-37(41(39,40)31-17-15-28(3)16-18-31)23-19-30(24-29-12-6-4-7-13-29)36-33(38)25-34(20-9-5-10-21-34)32-14-8-11-22-35-32/h4,6-8,11-18,22,27,30H,5,9-10,19-21,23-26H2,1-3H3,(H,36,38)/t30-/m1/s1. The van der Waals surface area contributed by atoms with Crippen molar-refractivity contribution < 1.29 is 13.2 Å². The number of aromatic nitrogens is 1. The Hall–Kier alpha value is -3.03. The molecule has 1 N–H and O–H groups in total. The van der Waals surface area contributed by atoms with Gasteiger partial charge in [0.2, 0.25) is 15.9 Å². The van der Waals surface area contributed by atoms with Crippen molar-refractivity contribution in [3.05, 3.63) is 95.8 Å². The Morgan fingerprint density at radius 1 is 0.951 bits per heavy atom. The monoisotopic (exact) mass is 575 g/mol. The summed E-state index contributed by atoms with van der Waals surface area (Å²) in [6.45, 7) is 6.76. The Balaban J connectivity index is 1.53. The van der Waals surface area contributed by atoms with Crippen LogP contribution >= 0.6 is 0 Å². The van der Waals surface area contributed by atoms with Crippen LogP contribution in [0, 0.1) is 12.8 Å². The minimum atomic E-state index is -3.67. The lowest BCUT2D eigenvalue weighted by Gasteiger charge is -2.37. The van der Waals surface area contributed by atoms with Crippen LogP contribution in [0.3, 0.4) is 0 Å². The molecule has 220 valence electrons. The molecule has 1 fully saturated rings. The van der Waals surface area contributed by atoms with Gasteiger partial charge in [-0.1, -0.05) is 87.2 Å². The van der Waals surface area contributed by atoms with Crippen molar-refractivity contribution in [2.45, 2.75) is 88.5 Å². The predicted octanol–water partition coefficient (Wildman–Crippen LogP) is 6.45. The fourth-order valence-corrected chi connectivity index (χ4v) is 7.63. The number of nitrogens with zero attached hydrogens (tertiary/aromatic N) is 2. The van der Waals surface area contributed by atoms with Gasteiger partial charge in [-0.2, -0.15) is 4.31 Å². The molecule has 1 heterocycles. The van der Waals surface area contributed by atoms with Gasteiger partial charge >= 0.3 is 0 Å². The maximum absolute atomic E-state index is 13.7. The molecule has 1 aliphatic rings. The smallest absolute Gasteiger partial charge is 0.243 e. The third-order valence-corrected chi connectivity index (χ3v) is 10.0. The van der Waals surface area contributed by atoms with E-state index in [2.05, 4.69) is 28.5 Å². The van der Waals surface area contributed by atoms with E-state index in [9.17, 15) is 13.2 Å². The molecule has 6 nitrogen and oxygen atoms in total. The van der Waals surface area contributed by atoms with Crippen LogP contribution in [0.15, 0.2) is 83.9 Å². The number of hydrogen-bond acceptors (Lipinski definition) is 4. The third kappa shape index (κ3) is 8.49. The second kappa shape index (κ2) is 14.2. The minimum Gasteiger partial charge on any atom is -0.353 e. The van der Waals surface area contributed by atoms with Crippen LogP contribution in [0.25, 0.3) is 0 Å². The molecule has 0 radical (unpaired) electrons. The topological polar surface area (TPSA) is 79.4 Å². The lowest BCUT2D eigenvalue weighted by Crippen LogP contribution is -2.44. The Bertz CT molecular complexity index is 1340. The zero-order chi connectivity index (χ0) is 29.3. The number of hydrogen-bond donors (Lipinski definition) is 1. The quantitative estimate of drug-likeness (QED) is 0.254. The van der Waals surface area contributed by atoms with Gasteiger partial charge in [0, 0.05) is 42.9 Å². The van der Waals surface area contributed by atoms with Gasteiger partial charge in [0.15, 0.2) is 0 Å². The molecule has 4 rings (SSSR count). The Morgan fingerprint density at radius 3 is 2.27 bits per heavy atom. The summed E-state index contributed by atoms with van der Waals surface area (Å²) in [7, 11) is -3.67. The Morgan fingerprint density at radius 2 is 1.63 bits per heavy atom. The van der Waals surface area contributed by atoms with Crippen LogP contribution in [0.5, 0.6) is 0 Å². The highest BCUT2D eigenvalue weighted by atomic mass is 32.2. The van der Waals surface area contributed by atoms with E-state index in [1.54, 1.807) is 16.4 Å². The average molecular weight is 576 g/mol. The van der Waals surface area contributed by atoms with Crippen molar-refractivity contribution in [1.82, 2.24) is 14.6 Å². The van der Waals surface area contributed by atoms with Gasteiger partial charge in [-0.15, -0.1) is 0 Å². The molecule has 0 saturated heterocycles. The lowest BCUT2D eigenvalue weighted by atomic mass is 9.69. The van der Waals surface area contributed by atoms with Crippen molar-refractivity contribution in [2.24, 2.45) is 5.92 Å². The molecule has 1 aromatic heterocycles. The summed E-state index contributed by atoms with van der Waals surface area (Å²) in [6.07, 6.45) is 8.67. The minimum absolute atomic E-state index is 0.00952. The molecule has 1 amide bonds.